The lowest BCUT2D eigenvalue weighted by molar-refractivity contribution is 0.467. The standard InChI is InChI=1S/C16H13ClN2OS/c1-3-6-11-7-4-5-8-13(11)20-14-12-9-10(2)21-15(12)19-16(17)18-14/h3-9H,1-2H3/b6-3+. The van der Waals surface area contributed by atoms with Gasteiger partial charge in [-0.15, -0.1) is 11.3 Å². The van der Waals surface area contributed by atoms with E-state index in [2.05, 4.69) is 9.97 Å². The highest BCUT2D eigenvalue weighted by molar-refractivity contribution is 7.18. The zero-order valence-corrected chi connectivity index (χ0v) is 13.2. The zero-order chi connectivity index (χ0) is 14.8. The second-order valence-electron chi connectivity index (χ2n) is 4.51. The van der Waals surface area contributed by atoms with E-state index in [4.69, 9.17) is 16.3 Å². The second-order valence-corrected chi connectivity index (χ2v) is 6.09. The molecule has 0 unspecified atom stereocenters. The van der Waals surface area contributed by atoms with Crippen LogP contribution in [0.2, 0.25) is 5.28 Å². The number of rotatable bonds is 3. The summed E-state index contributed by atoms with van der Waals surface area (Å²) in [7, 11) is 0. The number of hydrogen-bond acceptors (Lipinski definition) is 4. The molecule has 0 aliphatic rings. The van der Waals surface area contributed by atoms with Crippen LogP contribution in [0.5, 0.6) is 11.6 Å². The predicted molar refractivity (Wildman–Crippen MR) is 88.4 cm³/mol. The lowest BCUT2D eigenvalue weighted by Crippen LogP contribution is -1.92. The quantitative estimate of drug-likeness (QED) is 0.600. The van der Waals surface area contributed by atoms with Crippen LogP contribution in [-0.2, 0) is 0 Å². The van der Waals surface area contributed by atoms with Crippen LogP contribution in [0.15, 0.2) is 36.4 Å². The summed E-state index contributed by atoms with van der Waals surface area (Å²) in [6, 6.07) is 9.83. The highest BCUT2D eigenvalue weighted by atomic mass is 35.5. The van der Waals surface area contributed by atoms with Crippen molar-refractivity contribution in [3.8, 4) is 11.6 Å². The Bertz CT molecular complexity index is 826. The Kier molecular flexibility index (Phi) is 3.90. The Morgan fingerprint density at radius 3 is 2.86 bits per heavy atom. The monoisotopic (exact) mass is 316 g/mol. The number of halogens is 1. The third-order valence-corrected chi connectivity index (χ3v) is 4.04. The molecule has 0 fully saturated rings. The van der Waals surface area contributed by atoms with Crippen molar-refractivity contribution in [1.29, 1.82) is 0 Å². The fourth-order valence-corrected chi connectivity index (χ4v) is 3.15. The Labute approximate surface area is 131 Å². The summed E-state index contributed by atoms with van der Waals surface area (Å²) >= 11 is 7.57. The summed E-state index contributed by atoms with van der Waals surface area (Å²) < 4.78 is 5.99. The van der Waals surface area contributed by atoms with Gasteiger partial charge in [-0.2, -0.15) is 4.98 Å². The van der Waals surface area contributed by atoms with Crippen molar-refractivity contribution in [2.75, 3.05) is 0 Å². The van der Waals surface area contributed by atoms with Gasteiger partial charge in [-0.05, 0) is 37.6 Å². The van der Waals surface area contributed by atoms with Crippen molar-refractivity contribution < 1.29 is 4.74 Å². The molecule has 2 aromatic heterocycles. The number of nitrogens with zero attached hydrogens (tertiary/aromatic N) is 2. The molecule has 2 heterocycles. The summed E-state index contributed by atoms with van der Waals surface area (Å²) in [5.74, 6) is 1.24. The van der Waals surface area contributed by atoms with Crippen molar-refractivity contribution in [2.24, 2.45) is 0 Å². The summed E-state index contributed by atoms with van der Waals surface area (Å²) in [6.07, 6.45) is 3.97. The van der Waals surface area contributed by atoms with Gasteiger partial charge in [0.05, 0.1) is 5.39 Å². The van der Waals surface area contributed by atoms with Gasteiger partial charge in [-0.3, -0.25) is 0 Å². The largest absolute Gasteiger partial charge is 0.438 e. The van der Waals surface area contributed by atoms with Gasteiger partial charge in [0.1, 0.15) is 10.6 Å². The molecule has 0 N–H and O–H groups in total. The Hall–Kier alpha value is -1.91. The van der Waals surface area contributed by atoms with Crippen LogP contribution in [0.1, 0.15) is 17.4 Å². The summed E-state index contributed by atoms with van der Waals surface area (Å²) in [5, 5.41) is 1.08. The highest BCUT2D eigenvalue weighted by Crippen LogP contribution is 2.34. The van der Waals surface area contributed by atoms with Crippen molar-refractivity contribution >= 4 is 39.2 Å². The van der Waals surface area contributed by atoms with Gasteiger partial charge in [0.15, 0.2) is 0 Å². The van der Waals surface area contributed by atoms with E-state index in [-0.39, 0.29) is 5.28 Å². The van der Waals surface area contributed by atoms with E-state index in [0.717, 1.165) is 26.4 Å². The minimum absolute atomic E-state index is 0.197. The summed E-state index contributed by atoms with van der Waals surface area (Å²) in [4.78, 5) is 10.4. The second kappa shape index (κ2) is 5.84. The van der Waals surface area contributed by atoms with E-state index in [9.17, 15) is 0 Å². The van der Waals surface area contributed by atoms with Crippen LogP contribution in [0.25, 0.3) is 16.3 Å². The first-order chi connectivity index (χ1) is 10.2. The maximum absolute atomic E-state index is 5.99. The number of para-hydroxylation sites is 1. The maximum Gasteiger partial charge on any atom is 0.232 e. The molecule has 0 aliphatic heterocycles. The SMILES string of the molecule is C/C=C/c1ccccc1Oc1nc(Cl)nc2sc(C)cc12. The number of benzene rings is 1. The number of fused-ring (bicyclic) bond motifs is 1. The minimum atomic E-state index is 0.197. The number of thiophene rings is 1. The first kappa shape index (κ1) is 14.0. The molecule has 3 rings (SSSR count). The molecule has 3 aromatic rings. The van der Waals surface area contributed by atoms with Crippen molar-refractivity contribution in [1.82, 2.24) is 9.97 Å². The topological polar surface area (TPSA) is 35.0 Å². The number of hydrogen-bond donors (Lipinski definition) is 0. The smallest absolute Gasteiger partial charge is 0.232 e. The molecular formula is C16H13ClN2OS. The molecule has 0 bridgehead atoms. The molecule has 0 saturated carbocycles. The zero-order valence-electron chi connectivity index (χ0n) is 11.6. The third-order valence-electron chi connectivity index (χ3n) is 2.93. The molecule has 5 heteroatoms. The molecule has 106 valence electrons. The fraction of sp³-hybridized carbons (Fsp3) is 0.125. The van der Waals surface area contributed by atoms with Gasteiger partial charge in [0, 0.05) is 10.4 Å². The van der Waals surface area contributed by atoms with Gasteiger partial charge < -0.3 is 4.74 Å². The van der Waals surface area contributed by atoms with E-state index < -0.39 is 0 Å². The van der Waals surface area contributed by atoms with Gasteiger partial charge in [-0.1, -0.05) is 30.4 Å². The van der Waals surface area contributed by atoms with Crippen LogP contribution < -0.4 is 4.74 Å². The van der Waals surface area contributed by atoms with Crippen molar-refractivity contribution in [3.05, 3.63) is 52.1 Å². The summed E-state index contributed by atoms with van der Waals surface area (Å²) in [5.41, 5.74) is 0.995. The first-order valence-electron chi connectivity index (χ1n) is 6.50. The van der Waals surface area contributed by atoms with Crippen LogP contribution in [0.4, 0.5) is 0 Å². The summed E-state index contributed by atoms with van der Waals surface area (Å²) in [6.45, 7) is 4.00. The van der Waals surface area contributed by atoms with E-state index in [1.807, 2.05) is 56.3 Å². The molecule has 3 nitrogen and oxygen atoms in total. The lowest BCUT2D eigenvalue weighted by Gasteiger charge is -2.08. The molecule has 0 atom stereocenters. The lowest BCUT2D eigenvalue weighted by atomic mass is 10.2. The average molecular weight is 317 g/mol. The molecule has 1 aromatic carbocycles. The number of allylic oxidation sites excluding steroid dienone is 1. The molecule has 21 heavy (non-hydrogen) atoms. The van der Waals surface area contributed by atoms with Crippen LogP contribution in [-0.4, -0.2) is 9.97 Å². The minimum Gasteiger partial charge on any atom is -0.438 e. The highest BCUT2D eigenvalue weighted by Gasteiger charge is 2.12. The Morgan fingerprint density at radius 1 is 1.24 bits per heavy atom. The number of aryl methyl sites for hydroxylation is 1. The van der Waals surface area contributed by atoms with Gasteiger partial charge in [0.2, 0.25) is 11.2 Å². The molecule has 0 spiro atoms. The molecule has 0 radical (unpaired) electrons. The normalized spacial score (nSPS) is 11.4. The van der Waals surface area contributed by atoms with Gasteiger partial charge in [0.25, 0.3) is 0 Å². The van der Waals surface area contributed by atoms with Crippen LogP contribution >= 0.6 is 22.9 Å². The molecule has 0 aliphatic carbocycles. The van der Waals surface area contributed by atoms with E-state index in [1.165, 1.54) is 0 Å². The van der Waals surface area contributed by atoms with Crippen LogP contribution in [0.3, 0.4) is 0 Å². The van der Waals surface area contributed by atoms with E-state index >= 15 is 0 Å². The third kappa shape index (κ3) is 2.91. The average Bonchev–Trinajstić information content (AvgIpc) is 2.81. The van der Waals surface area contributed by atoms with Gasteiger partial charge in [-0.25, -0.2) is 4.98 Å². The Morgan fingerprint density at radius 2 is 2.05 bits per heavy atom. The van der Waals surface area contributed by atoms with Gasteiger partial charge >= 0.3 is 0 Å². The number of ether oxygens (including phenoxy) is 1. The maximum atomic E-state index is 5.99. The molecule has 0 saturated heterocycles. The molecular weight excluding hydrogens is 304 g/mol. The van der Waals surface area contributed by atoms with E-state index in [0.29, 0.717) is 5.88 Å². The number of aromatic nitrogens is 2. The van der Waals surface area contributed by atoms with Crippen LogP contribution in [0, 0.1) is 6.92 Å². The van der Waals surface area contributed by atoms with E-state index in [1.54, 1.807) is 11.3 Å². The first-order valence-corrected chi connectivity index (χ1v) is 7.70. The Balaban J connectivity index is 2.10. The van der Waals surface area contributed by atoms with Crippen molar-refractivity contribution in [3.63, 3.8) is 0 Å². The fourth-order valence-electron chi connectivity index (χ4n) is 2.06. The van der Waals surface area contributed by atoms with Crippen molar-refractivity contribution in [2.45, 2.75) is 13.8 Å². The molecule has 0 amide bonds. The predicted octanol–water partition coefficient (Wildman–Crippen LogP) is 5.48.